The van der Waals surface area contributed by atoms with Crippen LogP contribution in [0.25, 0.3) is 0 Å². The second-order valence-electron chi connectivity index (χ2n) is 4.02. The van der Waals surface area contributed by atoms with E-state index >= 15 is 0 Å². The van der Waals surface area contributed by atoms with E-state index < -0.39 is 0 Å². The molecule has 0 radical (unpaired) electrons. The van der Waals surface area contributed by atoms with Crippen LogP contribution in [0.3, 0.4) is 0 Å². The van der Waals surface area contributed by atoms with Crippen LogP contribution < -0.4 is 0 Å². The van der Waals surface area contributed by atoms with Gasteiger partial charge in [0.1, 0.15) is 0 Å². The van der Waals surface area contributed by atoms with Crippen molar-refractivity contribution >= 4 is 11.6 Å². The smallest absolute Gasteiger partial charge is 0.228 e. The minimum atomic E-state index is -0.183. The summed E-state index contributed by atoms with van der Waals surface area (Å²) in [6, 6.07) is 5.32. The number of allylic oxidation sites excluding steroid dienone is 2. The van der Waals surface area contributed by atoms with Gasteiger partial charge in [0.25, 0.3) is 0 Å². The summed E-state index contributed by atoms with van der Waals surface area (Å²) in [6.07, 6.45) is 0.501. The van der Waals surface area contributed by atoms with Gasteiger partial charge >= 0.3 is 0 Å². The molecule has 1 aromatic carbocycles. The second kappa shape index (κ2) is 4.17. The fraction of sp³-hybridized carbons (Fsp3) is 0.286. The fourth-order valence-electron chi connectivity index (χ4n) is 2.21. The molecule has 17 heavy (non-hydrogen) atoms. The summed E-state index contributed by atoms with van der Waals surface area (Å²) in [5.41, 5.74) is 2.25. The quantitative estimate of drug-likeness (QED) is 0.784. The van der Waals surface area contributed by atoms with Gasteiger partial charge in [-0.15, -0.1) is 0 Å². The number of Topliss-reactive ketones (excluding diaryl/α,β-unsaturated/α-hetero) is 2. The zero-order chi connectivity index (χ0) is 12.6. The van der Waals surface area contributed by atoms with E-state index in [1.807, 2.05) is 19.9 Å². The van der Waals surface area contributed by atoms with Gasteiger partial charge < -0.3 is 4.74 Å². The SMILES string of the molecule is CCC1=C(OC)C(=O)c2c(C)cccc2C1=O. The van der Waals surface area contributed by atoms with Gasteiger partial charge in [-0.2, -0.15) is 0 Å². The fourth-order valence-corrected chi connectivity index (χ4v) is 2.21. The Hall–Kier alpha value is -1.90. The van der Waals surface area contributed by atoms with Crippen molar-refractivity contribution in [2.45, 2.75) is 20.3 Å². The third-order valence-corrected chi connectivity index (χ3v) is 3.06. The van der Waals surface area contributed by atoms with Gasteiger partial charge in [-0.25, -0.2) is 0 Å². The van der Waals surface area contributed by atoms with Gasteiger partial charge in [-0.05, 0) is 18.9 Å². The summed E-state index contributed by atoms with van der Waals surface area (Å²) in [5, 5.41) is 0. The molecule has 0 saturated carbocycles. The van der Waals surface area contributed by atoms with Crippen molar-refractivity contribution < 1.29 is 14.3 Å². The normalized spacial score (nSPS) is 15.0. The highest BCUT2D eigenvalue weighted by Gasteiger charge is 2.32. The molecule has 1 aliphatic carbocycles. The molecule has 0 amide bonds. The number of methoxy groups -OCH3 is 1. The molecule has 1 aliphatic rings. The Balaban J connectivity index is 2.73. The summed E-state index contributed by atoms with van der Waals surface area (Å²) in [4.78, 5) is 24.5. The number of fused-ring (bicyclic) bond motifs is 1. The highest BCUT2D eigenvalue weighted by atomic mass is 16.5. The van der Waals surface area contributed by atoms with E-state index in [4.69, 9.17) is 4.74 Å². The predicted octanol–water partition coefficient (Wildman–Crippen LogP) is 2.68. The number of rotatable bonds is 2. The van der Waals surface area contributed by atoms with Gasteiger partial charge in [0.05, 0.1) is 7.11 Å². The molecule has 1 aromatic rings. The molecule has 0 unspecified atom stereocenters. The molecule has 0 saturated heterocycles. The van der Waals surface area contributed by atoms with E-state index in [1.54, 1.807) is 12.1 Å². The van der Waals surface area contributed by atoms with Crippen LogP contribution >= 0.6 is 0 Å². The molecule has 0 bridgehead atoms. The topological polar surface area (TPSA) is 43.4 Å². The van der Waals surface area contributed by atoms with E-state index in [1.165, 1.54) is 7.11 Å². The highest BCUT2D eigenvalue weighted by molar-refractivity contribution is 6.26. The number of ether oxygens (including phenoxy) is 1. The molecule has 3 nitrogen and oxygen atoms in total. The Morgan fingerprint density at radius 3 is 2.47 bits per heavy atom. The number of aryl methyl sites for hydroxylation is 1. The monoisotopic (exact) mass is 230 g/mol. The van der Waals surface area contributed by atoms with Crippen molar-refractivity contribution in [1.29, 1.82) is 0 Å². The lowest BCUT2D eigenvalue weighted by Crippen LogP contribution is -2.23. The first-order valence-corrected chi connectivity index (χ1v) is 5.58. The lowest BCUT2D eigenvalue weighted by atomic mass is 9.85. The minimum absolute atomic E-state index is 0.0948. The van der Waals surface area contributed by atoms with Gasteiger partial charge in [0.2, 0.25) is 5.78 Å². The van der Waals surface area contributed by atoms with Gasteiger partial charge in [-0.3, -0.25) is 9.59 Å². The average Bonchev–Trinajstić information content (AvgIpc) is 2.33. The zero-order valence-corrected chi connectivity index (χ0v) is 10.2. The van der Waals surface area contributed by atoms with E-state index in [0.717, 1.165) is 5.56 Å². The molecule has 0 fully saturated rings. The molecular formula is C14H14O3. The van der Waals surface area contributed by atoms with Crippen molar-refractivity contribution in [2.24, 2.45) is 0 Å². The molecule has 0 spiro atoms. The Kier molecular flexibility index (Phi) is 2.84. The second-order valence-corrected chi connectivity index (χ2v) is 4.02. The number of ketones is 2. The Morgan fingerprint density at radius 2 is 1.88 bits per heavy atom. The highest BCUT2D eigenvalue weighted by Crippen LogP contribution is 2.30. The maximum atomic E-state index is 12.2. The molecule has 0 aromatic heterocycles. The van der Waals surface area contributed by atoms with Crippen LogP contribution in [0.15, 0.2) is 29.5 Å². The van der Waals surface area contributed by atoms with E-state index in [2.05, 4.69) is 0 Å². The number of hydrogen-bond acceptors (Lipinski definition) is 3. The molecule has 0 aliphatic heterocycles. The molecule has 0 heterocycles. The van der Waals surface area contributed by atoms with Gasteiger partial charge in [-0.1, -0.05) is 25.1 Å². The first-order valence-electron chi connectivity index (χ1n) is 5.58. The van der Waals surface area contributed by atoms with Crippen molar-refractivity contribution in [3.8, 4) is 0 Å². The third-order valence-electron chi connectivity index (χ3n) is 3.06. The Morgan fingerprint density at radius 1 is 1.18 bits per heavy atom. The van der Waals surface area contributed by atoms with Crippen LogP contribution in [0.1, 0.15) is 39.6 Å². The molecule has 88 valence electrons. The van der Waals surface area contributed by atoms with Crippen LogP contribution in [0.5, 0.6) is 0 Å². The number of carbonyl (C=O) groups excluding carboxylic acids is 2. The zero-order valence-electron chi connectivity index (χ0n) is 10.2. The molecule has 3 heteroatoms. The third kappa shape index (κ3) is 1.58. The van der Waals surface area contributed by atoms with Crippen molar-refractivity contribution in [1.82, 2.24) is 0 Å². The number of benzene rings is 1. The van der Waals surface area contributed by atoms with E-state index in [9.17, 15) is 9.59 Å². The lowest BCUT2D eigenvalue weighted by Gasteiger charge is -2.20. The molecule has 2 rings (SSSR count). The summed E-state index contributed by atoms with van der Waals surface area (Å²) in [5.74, 6) is -0.0843. The largest absolute Gasteiger partial charge is 0.492 e. The van der Waals surface area contributed by atoms with Gasteiger partial charge in [0, 0.05) is 16.7 Å². The number of hydrogen-bond donors (Lipinski definition) is 0. The van der Waals surface area contributed by atoms with Crippen LogP contribution in [-0.2, 0) is 4.74 Å². The van der Waals surface area contributed by atoms with Crippen molar-refractivity contribution in [3.05, 3.63) is 46.2 Å². The average molecular weight is 230 g/mol. The maximum absolute atomic E-state index is 12.2. The molecule has 0 atom stereocenters. The lowest BCUT2D eigenvalue weighted by molar-refractivity contribution is 0.0903. The summed E-state index contributed by atoms with van der Waals surface area (Å²) >= 11 is 0. The molecular weight excluding hydrogens is 216 g/mol. The Bertz CT molecular complexity index is 538. The first-order chi connectivity index (χ1) is 8.11. The van der Waals surface area contributed by atoms with Crippen LogP contribution in [0.2, 0.25) is 0 Å². The van der Waals surface area contributed by atoms with Crippen LogP contribution in [0.4, 0.5) is 0 Å². The standard InChI is InChI=1S/C14H14O3/c1-4-9-12(15)10-7-5-6-8(2)11(10)13(16)14(9)17-3/h5-7H,4H2,1-3H3. The van der Waals surface area contributed by atoms with Crippen LogP contribution in [-0.4, -0.2) is 18.7 Å². The molecule has 0 N–H and O–H groups in total. The van der Waals surface area contributed by atoms with E-state index in [-0.39, 0.29) is 17.3 Å². The predicted molar refractivity (Wildman–Crippen MR) is 64.2 cm³/mol. The van der Waals surface area contributed by atoms with Crippen molar-refractivity contribution in [2.75, 3.05) is 7.11 Å². The maximum Gasteiger partial charge on any atom is 0.228 e. The summed E-state index contributed by atoms with van der Waals surface area (Å²) in [7, 11) is 1.43. The first kappa shape index (κ1) is 11.6. The van der Waals surface area contributed by atoms with Crippen LogP contribution in [0, 0.1) is 6.92 Å². The van der Waals surface area contributed by atoms with Crippen molar-refractivity contribution in [3.63, 3.8) is 0 Å². The summed E-state index contributed by atoms with van der Waals surface area (Å²) < 4.78 is 5.10. The minimum Gasteiger partial charge on any atom is -0.492 e. The van der Waals surface area contributed by atoms with E-state index in [0.29, 0.717) is 23.1 Å². The number of carbonyl (C=O) groups is 2. The van der Waals surface area contributed by atoms with Gasteiger partial charge in [0.15, 0.2) is 11.5 Å². The Labute approximate surface area is 100 Å². The summed E-state index contributed by atoms with van der Waals surface area (Å²) in [6.45, 7) is 3.68.